The molecule has 0 bridgehead atoms. The molecule has 0 radical (unpaired) electrons. The van der Waals surface area contributed by atoms with E-state index in [1.807, 2.05) is 13.0 Å². The first-order valence-corrected chi connectivity index (χ1v) is 12.7. The van der Waals surface area contributed by atoms with Crippen molar-refractivity contribution < 1.29 is 21.2 Å². The molecule has 31 heavy (non-hydrogen) atoms. The first-order valence-electron chi connectivity index (χ1n) is 9.51. The average molecular weight is 463 g/mol. The first kappa shape index (κ1) is 23.1. The van der Waals surface area contributed by atoms with Crippen LogP contribution in [0.3, 0.4) is 0 Å². The van der Waals surface area contributed by atoms with Gasteiger partial charge in [0.15, 0.2) is 9.84 Å². The Kier molecular flexibility index (Phi) is 6.88. The van der Waals surface area contributed by atoms with E-state index in [-0.39, 0.29) is 22.8 Å². The van der Waals surface area contributed by atoms with Crippen molar-refractivity contribution in [2.45, 2.75) is 29.7 Å². The Hall–Kier alpha value is -2.62. The van der Waals surface area contributed by atoms with Crippen LogP contribution in [0.25, 0.3) is 0 Å². The van der Waals surface area contributed by atoms with Crippen LogP contribution in [0.1, 0.15) is 27.5 Å². The Morgan fingerprint density at radius 2 is 1.77 bits per heavy atom. The maximum absolute atomic E-state index is 13.7. The highest BCUT2D eigenvalue weighted by atomic mass is 32.2. The summed E-state index contributed by atoms with van der Waals surface area (Å²) in [5.74, 6) is -0.792. The molecule has 2 aromatic carbocycles. The average Bonchev–Trinajstić information content (AvgIpc) is 2.70. The second-order valence-electron chi connectivity index (χ2n) is 7.33. The van der Waals surface area contributed by atoms with Crippen molar-refractivity contribution in [3.05, 3.63) is 95.1 Å². The van der Waals surface area contributed by atoms with Crippen molar-refractivity contribution >= 4 is 19.9 Å². The number of benzene rings is 2. The lowest BCUT2D eigenvalue weighted by Gasteiger charge is -2.19. The molecular formula is C22H23FN2O4S2. The molecule has 164 valence electrons. The van der Waals surface area contributed by atoms with Crippen molar-refractivity contribution in [1.29, 1.82) is 0 Å². The monoisotopic (exact) mass is 462 g/mol. The van der Waals surface area contributed by atoms with Crippen LogP contribution >= 0.6 is 0 Å². The summed E-state index contributed by atoms with van der Waals surface area (Å²) >= 11 is 0. The molecule has 0 spiro atoms. The minimum absolute atomic E-state index is 0.0851. The smallest absolute Gasteiger partial charge is 0.215 e. The zero-order valence-corrected chi connectivity index (χ0v) is 18.8. The normalized spacial score (nSPS) is 13.1. The quantitative estimate of drug-likeness (QED) is 0.518. The van der Waals surface area contributed by atoms with Crippen LogP contribution in [0.4, 0.5) is 4.39 Å². The molecule has 1 aromatic heterocycles. The number of halogens is 1. The standard InChI is InChI=1S/C22H23FN2O4S2/c1-16-5-3-6-18(11-16)15-30(26,27)25-14-22(19-7-4-10-24-13-19)31(28,29)20-8-9-21(23)17(2)12-20/h3-13,22,25H,14-15H2,1-2H3/t22-/m1/s1. The topological polar surface area (TPSA) is 93.2 Å². The van der Waals surface area contributed by atoms with Gasteiger partial charge in [0, 0.05) is 18.9 Å². The predicted octanol–water partition coefficient (Wildman–Crippen LogP) is 3.47. The number of nitrogens with one attached hydrogen (secondary N) is 1. The highest BCUT2D eigenvalue weighted by Crippen LogP contribution is 2.29. The van der Waals surface area contributed by atoms with Gasteiger partial charge in [-0.05, 0) is 54.8 Å². The Morgan fingerprint density at radius 3 is 2.42 bits per heavy atom. The molecule has 0 aliphatic rings. The Bertz CT molecular complexity index is 1280. The van der Waals surface area contributed by atoms with Gasteiger partial charge in [-0.15, -0.1) is 0 Å². The molecule has 0 aliphatic carbocycles. The Labute approximate surface area is 182 Å². The van der Waals surface area contributed by atoms with Gasteiger partial charge < -0.3 is 0 Å². The van der Waals surface area contributed by atoms with Gasteiger partial charge in [-0.1, -0.05) is 35.9 Å². The Morgan fingerprint density at radius 1 is 1.00 bits per heavy atom. The van der Waals surface area contributed by atoms with E-state index in [0.717, 1.165) is 11.6 Å². The summed E-state index contributed by atoms with van der Waals surface area (Å²) in [5.41, 5.74) is 2.05. The fourth-order valence-corrected chi connectivity index (χ4v) is 6.18. The first-order chi connectivity index (χ1) is 14.6. The van der Waals surface area contributed by atoms with Gasteiger partial charge in [0.2, 0.25) is 10.0 Å². The summed E-state index contributed by atoms with van der Waals surface area (Å²) < 4.78 is 68.0. The van der Waals surface area contributed by atoms with Crippen LogP contribution in [-0.2, 0) is 25.6 Å². The molecule has 0 saturated carbocycles. The molecule has 9 heteroatoms. The van der Waals surface area contributed by atoms with E-state index in [0.29, 0.717) is 11.1 Å². The second-order valence-corrected chi connectivity index (χ2v) is 11.3. The zero-order chi connectivity index (χ0) is 22.6. The van der Waals surface area contributed by atoms with E-state index < -0.39 is 30.9 Å². The number of pyridine rings is 1. The van der Waals surface area contributed by atoms with Gasteiger partial charge in [0.1, 0.15) is 11.1 Å². The highest BCUT2D eigenvalue weighted by Gasteiger charge is 2.31. The molecule has 0 unspecified atom stereocenters. The van der Waals surface area contributed by atoms with Crippen LogP contribution < -0.4 is 4.72 Å². The van der Waals surface area contributed by atoms with Gasteiger partial charge in [0.05, 0.1) is 10.6 Å². The van der Waals surface area contributed by atoms with Crippen LogP contribution in [0.15, 0.2) is 71.9 Å². The molecule has 1 atom stereocenters. The number of hydrogen-bond donors (Lipinski definition) is 1. The van der Waals surface area contributed by atoms with Gasteiger partial charge in [0.25, 0.3) is 0 Å². The molecule has 1 N–H and O–H groups in total. The van der Waals surface area contributed by atoms with Crippen molar-refractivity contribution in [2.75, 3.05) is 6.54 Å². The van der Waals surface area contributed by atoms with Gasteiger partial charge in [-0.2, -0.15) is 0 Å². The van der Waals surface area contributed by atoms with Crippen LogP contribution in [-0.4, -0.2) is 28.4 Å². The second kappa shape index (κ2) is 9.25. The maximum Gasteiger partial charge on any atom is 0.215 e. The van der Waals surface area contributed by atoms with Crippen molar-refractivity contribution in [3.63, 3.8) is 0 Å². The minimum atomic E-state index is -4.03. The van der Waals surface area contributed by atoms with E-state index >= 15 is 0 Å². The highest BCUT2D eigenvalue weighted by molar-refractivity contribution is 7.92. The number of hydrogen-bond acceptors (Lipinski definition) is 5. The van der Waals surface area contributed by atoms with E-state index in [1.165, 1.54) is 31.5 Å². The number of nitrogens with zero attached hydrogens (tertiary/aromatic N) is 1. The van der Waals surface area contributed by atoms with Crippen molar-refractivity contribution in [2.24, 2.45) is 0 Å². The van der Waals surface area contributed by atoms with Crippen molar-refractivity contribution in [3.8, 4) is 0 Å². The third-order valence-corrected chi connectivity index (χ3v) is 8.24. The lowest BCUT2D eigenvalue weighted by molar-refractivity contribution is 0.567. The van der Waals surface area contributed by atoms with E-state index in [1.54, 1.807) is 30.3 Å². The number of sulfonamides is 1. The lowest BCUT2D eigenvalue weighted by atomic mass is 10.2. The molecule has 6 nitrogen and oxygen atoms in total. The maximum atomic E-state index is 13.7. The van der Waals surface area contributed by atoms with Crippen molar-refractivity contribution in [1.82, 2.24) is 9.71 Å². The molecule has 0 aliphatic heterocycles. The van der Waals surface area contributed by atoms with Gasteiger partial charge in [-0.25, -0.2) is 25.9 Å². The van der Waals surface area contributed by atoms with Crippen LogP contribution in [0.5, 0.6) is 0 Å². The van der Waals surface area contributed by atoms with E-state index in [2.05, 4.69) is 9.71 Å². The number of aromatic nitrogens is 1. The summed E-state index contributed by atoms with van der Waals surface area (Å²) in [6.07, 6.45) is 2.88. The number of sulfone groups is 1. The Balaban J connectivity index is 1.90. The molecule has 0 fully saturated rings. The summed E-state index contributed by atoms with van der Waals surface area (Å²) in [6.45, 7) is 2.95. The molecular weight excluding hydrogens is 439 g/mol. The molecule has 0 amide bonds. The zero-order valence-electron chi connectivity index (χ0n) is 17.1. The fraction of sp³-hybridized carbons (Fsp3) is 0.227. The third kappa shape index (κ3) is 5.75. The fourth-order valence-electron chi connectivity index (χ4n) is 3.21. The lowest BCUT2D eigenvalue weighted by Crippen LogP contribution is -2.33. The summed E-state index contributed by atoms with van der Waals surface area (Å²) in [7, 11) is -7.84. The van der Waals surface area contributed by atoms with Gasteiger partial charge >= 0.3 is 0 Å². The largest absolute Gasteiger partial charge is 0.264 e. The molecule has 0 saturated heterocycles. The summed E-state index contributed by atoms with van der Waals surface area (Å²) in [5, 5.41) is -1.22. The predicted molar refractivity (Wildman–Crippen MR) is 117 cm³/mol. The minimum Gasteiger partial charge on any atom is -0.264 e. The van der Waals surface area contributed by atoms with E-state index in [4.69, 9.17) is 0 Å². The third-order valence-electron chi connectivity index (χ3n) is 4.82. The number of aryl methyl sites for hydroxylation is 2. The van der Waals surface area contributed by atoms with E-state index in [9.17, 15) is 21.2 Å². The molecule has 3 rings (SSSR count). The van der Waals surface area contributed by atoms with Crippen LogP contribution in [0.2, 0.25) is 0 Å². The van der Waals surface area contributed by atoms with Crippen LogP contribution in [0, 0.1) is 19.7 Å². The van der Waals surface area contributed by atoms with Gasteiger partial charge in [-0.3, -0.25) is 4.98 Å². The number of rotatable bonds is 8. The SMILES string of the molecule is Cc1cccc(CS(=O)(=O)NC[C@H](c2cccnc2)S(=O)(=O)c2ccc(F)c(C)c2)c1. The summed E-state index contributed by atoms with van der Waals surface area (Å²) in [6, 6.07) is 13.7. The molecule has 1 heterocycles. The summed E-state index contributed by atoms with van der Waals surface area (Å²) in [4.78, 5) is 3.88. The molecule has 3 aromatic rings.